The van der Waals surface area contributed by atoms with Crippen LogP contribution in [-0.4, -0.2) is 24.0 Å². The van der Waals surface area contributed by atoms with Gasteiger partial charge in [-0.25, -0.2) is 9.98 Å². The fourth-order valence-electron chi connectivity index (χ4n) is 1.53. The summed E-state index contributed by atoms with van der Waals surface area (Å²) in [5, 5.41) is 8.12. The lowest BCUT2D eigenvalue weighted by atomic mass is 10.4. The van der Waals surface area contributed by atoms with E-state index in [-0.39, 0.29) is 24.0 Å². The predicted molar refractivity (Wildman–Crippen MR) is 96.9 cm³/mol. The first-order valence-corrected chi connectivity index (χ1v) is 7.15. The highest BCUT2D eigenvalue weighted by atomic mass is 127. The monoisotopic (exact) mass is 416 g/mol. The van der Waals surface area contributed by atoms with E-state index in [0.717, 1.165) is 17.1 Å². The molecule has 0 atom stereocenters. The van der Waals surface area contributed by atoms with Gasteiger partial charge in [0.1, 0.15) is 12.0 Å². The first-order valence-electron chi connectivity index (χ1n) is 6.27. The molecule has 0 aliphatic carbocycles. The van der Waals surface area contributed by atoms with Crippen molar-refractivity contribution in [1.29, 1.82) is 0 Å². The zero-order chi connectivity index (χ0) is 14.2. The van der Waals surface area contributed by atoms with Gasteiger partial charge in [-0.1, -0.05) is 12.0 Å². The summed E-state index contributed by atoms with van der Waals surface area (Å²) in [4.78, 5) is 9.81. The molecule has 112 valence electrons. The Morgan fingerprint density at radius 1 is 1.52 bits per heavy atom. The van der Waals surface area contributed by atoms with E-state index in [1.165, 1.54) is 0 Å². The van der Waals surface area contributed by atoms with Crippen LogP contribution in [0.1, 0.15) is 12.6 Å². The van der Waals surface area contributed by atoms with Crippen LogP contribution in [0, 0.1) is 12.3 Å². The molecule has 0 fully saturated rings. The van der Waals surface area contributed by atoms with Crippen molar-refractivity contribution in [2.24, 2.45) is 4.99 Å². The van der Waals surface area contributed by atoms with Crippen molar-refractivity contribution in [1.82, 2.24) is 15.6 Å². The largest absolute Gasteiger partial charge is 0.443 e. The van der Waals surface area contributed by atoms with Crippen molar-refractivity contribution in [2.75, 3.05) is 13.1 Å². The van der Waals surface area contributed by atoms with Gasteiger partial charge >= 0.3 is 0 Å². The van der Waals surface area contributed by atoms with Crippen LogP contribution in [0.15, 0.2) is 33.2 Å². The van der Waals surface area contributed by atoms with E-state index in [9.17, 15) is 0 Å². The second-order valence-electron chi connectivity index (χ2n) is 3.87. The van der Waals surface area contributed by atoms with Gasteiger partial charge in [0.15, 0.2) is 5.96 Å². The zero-order valence-corrected chi connectivity index (χ0v) is 14.8. The third-order valence-corrected chi connectivity index (χ3v) is 3.24. The molecule has 5 nitrogen and oxygen atoms in total. The molecule has 0 aliphatic rings. The first kappa shape index (κ1) is 17.5. The lowest BCUT2D eigenvalue weighted by Gasteiger charge is -2.07. The molecule has 0 spiro atoms. The van der Waals surface area contributed by atoms with Gasteiger partial charge in [0.25, 0.3) is 0 Å². The van der Waals surface area contributed by atoms with Crippen LogP contribution < -0.4 is 10.6 Å². The minimum Gasteiger partial charge on any atom is -0.443 e. The first-order chi connectivity index (χ1) is 9.83. The van der Waals surface area contributed by atoms with Crippen LogP contribution in [0.5, 0.6) is 0 Å². The van der Waals surface area contributed by atoms with Crippen LogP contribution in [-0.2, 0) is 6.54 Å². The number of terminal acetylenes is 1. The molecule has 2 heterocycles. The third-order valence-electron chi connectivity index (χ3n) is 2.38. The molecule has 0 saturated heterocycles. The van der Waals surface area contributed by atoms with Crippen molar-refractivity contribution in [2.45, 2.75) is 13.5 Å². The number of halogens is 1. The van der Waals surface area contributed by atoms with E-state index < -0.39 is 0 Å². The number of thiophene rings is 1. The van der Waals surface area contributed by atoms with Crippen LogP contribution >= 0.6 is 35.3 Å². The normalized spacial score (nSPS) is 10.6. The number of aromatic nitrogens is 1. The molecule has 7 heteroatoms. The highest BCUT2D eigenvalue weighted by molar-refractivity contribution is 14.0. The van der Waals surface area contributed by atoms with Gasteiger partial charge in [0.2, 0.25) is 5.89 Å². The van der Waals surface area contributed by atoms with Gasteiger partial charge in [-0.3, -0.25) is 0 Å². The van der Waals surface area contributed by atoms with Crippen molar-refractivity contribution >= 4 is 41.3 Å². The average molecular weight is 416 g/mol. The molecule has 21 heavy (non-hydrogen) atoms. The molecule has 2 aromatic rings. The Balaban J connectivity index is 0.00000220. The maximum Gasteiger partial charge on any atom is 0.236 e. The summed E-state index contributed by atoms with van der Waals surface area (Å²) >= 11 is 1.59. The fraction of sp³-hybridized carbons (Fsp3) is 0.286. The topological polar surface area (TPSA) is 62.5 Å². The summed E-state index contributed by atoms with van der Waals surface area (Å²) in [6.07, 6.45) is 6.84. The van der Waals surface area contributed by atoms with Crippen molar-refractivity contribution in [3.63, 3.8) is 0 Å². The Kier molecular flexibility index (Phi) is 7.85. The number of hydrogen-bond donors (Lipinski definition) is 2. The summed E-state index contributed by atoms with van der Waals surface area (Å²) in [5.74, 6) is 3.82. The number of guanidine groups is 1. The highest BCUT2D eigenvalue weighted by Gasteiger charge is 2.07. The number of rotatable bonds is 5. The van der Waals surface area contributed by atoms with Crippen molar-refractivity contribution in [3.8, 4) is 23.1 Å². The second kappa shape index (κ2) is 9.41. The SMILES string of the molecule is C#CCNC(=NCc1coc(-c2cccs2)n1)NCC.I. The van der Waals surface area contributed by atoms with E-state index >= 15 is 0 Å². The fourth-order valence-corrected chi connectivity index (χ4v) is 2.19. The third kappa shape index (κ3) is 5.40. The second-order valence-corrected chi connectivity index (χ2v) is 4.82. The number of hydrogen-bond acceptors (Lipinski definition) is 4. The maximum atomic E-state index is 5.44. The van der Waals surface area contributed by atoms with Crippen LogP contribution in [0.3, 0.4) is 0 Å². The standard InChI is InChI=1S/C14H16N4OS.HI/c1-3-7-16-14(15-4-2)17-9-11-10-19-13(18-11)12-6-5-8-20-12;/h1,5-6,8,10H,4,7,9H2,2H3,(H2,15,16,17);1H. The van der Waals surface area contributed by atoms with E-state index in [0.29, 0.717) is 24.9 Å². The van der Waals surface area contributed by atoms with Crippen LogP contribution in [0.25, 0.3) is 10.8 Å². The zero-order valence-electron chi connectivity index (χ0n) is 11.6. The summed E-state index contributed by atoms with van der Waals surface area (Å²) in [5.41, 5.74) is 0.784. The summed E-state index contributed by atoms with van der Waals surface area (Å²) in [6, 6.07) is 3.94. The van der Waals surface area contributed by atoms with Crippen LogP contribution in [0.2, 0.25) is 0 Å². The predicted octanol–water partition coefficient (Wildman–Crippen LogP) is 2.71. The number of nitrogens with zero attached hydrogens (tertiary/aromatic N) is 2. The molecule has 2 aromatic heterocycles. The molecule has 0 aromatic carbocycles. The Morgan fingerprint density at radius 2 is 2.38 bits per heavy atom. The molecule has 0 saturated carbocycles. The van der Waals surface area contributed by atoms with E-state index in [1.807, 2.05) is 24.4 Å². The Hall–Kier alpha value is -1.53. The van der Waals surface area contributed by atoms with E-state index in [4.69, 9.17) is 10.8 Å². The maximum absolute atomic E-state index is 5.44. The Morgan fingerprint density at radius 3 is 3.05 bits per heavy atom. The highest BCUT2D eigenvalue weighted by Crippen LogP contribution is 2.23. The van der Waals surface area contributed by atoms with Gasteiger partial charge in [-0.05, 0) is 18.4 Å². The minimum atomic E-state index is 0. The number of oxazole rings is 1. The molecule has 0 unspecified atom stereocenters. The summed E-state index contributed by atoms with van der Waals surface area (Å²) in [6.45, 7) is 3.65. The Bertz CT molecular complexity index is 601. The van der Waals surface area contributed by atoms with Gasteiger partial charge in [0, 0.05) is 6.54 Å². The lowest BCUT2D eigenvalue weighted by Crippen LogP contribution is -2.37. The Labute approximate surface area is 145 Å². The smallest absolute Gasteiger partial charge is 0.236 e. The molecule has 0 bridgehead atoms. The summed E-state index contributed by atoms with van der Waals surface area (Å²) in [7, 11) is 0. The van der Waals surface area contributed by atoms with Gasteiger partial charge < -0.3 is 15.1 Å². The van der Waals surface area contributed by atoms with E-state index in [1.54, 1.807) is 17.6 Å². The molecular formula is C14H17IN4OS. The number of nitrogens with one attached hydrogen (secondary N) is 2. The summed E-state index contributed by atoms with van der Waals surface area (Å²) < 4.78 is 5.44. The number of aliphatic imine (C=N–C) groups is 1. The van der Waals surface area contributed by atoms with Crippen molar-refractivity contribution in [3.05, 3.63) is 29.5 Å². The van der Waals surface area contributed by atoms with Gasteiger partial charge in [-0.2, -0.15) is 0 Å². The molecular weight excluding hydrogens is 399 g/mol. The van der Waals surface area contributed by atoms with E-state index in [2.05, 4.69) is 26.5 Å². The molecule has 0 radical (unpaired) electrons. The molecule has 0 amide bonds. The van der Waals surface area contributed by atoms with Crippen molar-refractivity contribution < 1.29 is 4.42 Å². The molecule has 0 aliphatic heterocycles. The molecule has 2 rings (SSSR count). The average Bonchev–Trinajstić information content (AvgIpc) is 3.12. The molecule has 2 N–H and O–H groups in total. The quantitative estimate of drug-likeness (QED) is 0.341. The van der Waals surface area contributed by atoms with Crippen LogP contribution in [0.4, 0.5) is 0 Å². The lowest BCUT2D eigenvalue weighted by molar-refractivity contribution is 0.574. The van der Waals surface area contributed by atoms with Gasteiger partial charge in [0.05, 0.1) is 18.0 Å². The van der Waals surface area contributed by atoms with Gasteiger partial charge in [-0.15, -0.1) is 41.7 Å². The minimum absolute atomic E-state index is 0.